The van der Waals surface area contributed by atoms with Crippen LogP contribution < -0.4 is 0 Å². The van der Waals surface area contributed by atoms with Crippen molar-refractivity contribution >= 4 is 11.2 Å². The quantitative estimate of drug-likeness (QED) is 0.374. The summed E-state index contributed by atoms with van der Waals surface area (Å²) in [4.78, 5) is 9.55. The van der Waals surface area contributed by atoms with Crippen molar-refractivity contribution in [2.75, 3.05) is 0 Å². The number of aryl methyl sites for hydroxylation is 3. The van der Waals surface area contributed by atoms with Gasteiger partial charge in [0, 0.05) is 30.9 Å². The molecule has 1 aromatic carbocycles. The molecule has 33 heavy (non-hydrogen) atoms. The van der Waals surface area contributed by atoms with E-state index in [2.05, 4.69) is 92.0 Å². The van der Waals surface area contributed by atoms with Gasteiger partial charge in [0.15, 0.2) is 11.5 Å². The van der Waals surface area contributed by atoms with Gasteiger partial charge in [-0.2, -0.15) is 0 Å². The fraction of sp³-hybridized carbons (Fsp3) is 0.320. The largest absolute Gasteiger partial charge is 0.347 e. The Kier molecular flexibility index (Phi) is 5.73. The molecule has 0 saturated heterocycles. The highest BCUT2D eigenvalue weighted by molar-refractivity contribution is 5.78. The number of rotatable bonds is 8. The maximum atomic E-state index is 4.90. The summed E-state index contributed by atoms with van der Waals surface area (Å²) < 4.78 is 4.52. The lowest BCUT2D eigenvalue weighted by molar-refractivity contribution is 0.689. The molecule has 1 N–H and O–H groups in total. The van der Waals surface area contributed by atoms with Crippen LogP contribution in [-0.2, 0) is 19.5 Å². The molecule has 0 bridgehead atoms. The fourth-order valence-corrected chi connectivity index (χ4v) is 4.40. The van der Waals surface area contributed by atoms with Gasteiger partial charge in [0.1, 0.15) is 11.3 Å². The number of fused-ring (bicyclic) bond motifs is 1. The Bertz CT molecular complexity index is 1360. The predicted molar refractivity (Wildman–Crippen MR) is 129 cm³/mol. The van der Waals surface area contributed by atoms with Gasteiger partial charge in [-0.3, -0.25) is 0 Å². The number of benzene rings is 1. The summed E-state index contributed by atoms with van der Waals surface area (Å²) in [5.74, 6) is 1.77. The van der Waals surface area contributed by atoms with E-state index < -0.39 is 0 Å². The number of nitrogens with zero attached hydrogens (tertiary/aromatic N) is 7. The first kappa shape index (κ1) is 21.1. The number of aromatic nitrogens is 8. The van der Waals surface area contributed by atoms with E-state index in [0.717, 1.165) is 71.7 Å². The molecule has 0 aliphatic carbocycles. The molecule has 0 atom stereocenters. The zero-order valence-corrected chi connectivity index (χ0v) is 19.3. The topological polar surface area (TPSA) is 90.1 Å². The van der Waals surface area contributed by atoms with Gasteiger partial charge in [-0.05, 0) is 59.0 Å². The average Bonchev–Trinajstić information content (AvgIpc) is 3.56. The number of H-pyrrole nitrogens is 1. The number of nitrogens with one attached hydrogen (secondary N) is 1. The van der Waals surface area contributed by atoms with Crippen molar-refractivity contribution in [1.29, 1.82) is 0 Å². The molecule has 5 rings (SSSR count). The lowest BCUT2D eigenvalue weighted by atomic mass is 10.0. The Morgan fingerprint density at radius 3 is 2.58 bits per heavy atom. The smallest absolute Gasteiger partial charge is 0.181 e. The first-order valence-electron chi connectivity index (χ1n) is 11.5. The van der Waals surface area contributed by atoms with Crippen molar-refractivity contribution in [3.63, 3.8) is 0 Å². The third-order valence-electron chi connectivity index (χ3n) is 5.98. The zero-order chi connectivity index (χ0) is 22.8. The highest BCUT2D eigenvalue weighted by Crippen LogP contribution is 2.32. The van der Waals surface area contributed by atoms with Gasteiger partial charge < -0.3 is 9.13 Å². The average molecular weight is 441 g/mol. The second-order valence-electron chi connectivity index (χ2n) is 8.38. The maximum absolute atomic E-state index is 4.90. The molecule has 8 heteroatoms. The first-order valence-corrected chi connectivity index (χ1v) is 11.5. The van der Waals surface area contributed by atoms with Crippen LogP contribution in [0.5, 0.6) is 0 Å². The van der Waals surface area contributed by atoms with E-state index in [9.17, 15) is 0 Å². The zero-order valence-electron chi connectivity index (χ0n) is 19.3. The van der Waals surface area contributed by atoms with Crippen LogP contribution in [0.4, 0.5) is 0 Å². The minimum atomic E-state index is 0.680. The molecule has 8 nitrogen and oxygen atoms in total. The third kappa shape index (κ3) is 3.92. The van der Waals surface area contributed by atoms with E-state index in [0.29, 0.717) is 5.82 Å². The van der Waals surface area contributed by atoms with Gasteiger partial charge in [-0.1, -0.05) is 38.1 Å². The molecule has 0 unspecified atom stereocenters. The molecule has 4 heterocycles. The molecule has 0 aliphatic rings. The minimum absolute atomic E-state index is 0.680. The lowest BCUT2D eigenvalue weighted by Gasteiger charge is -2.12. The summed E-state index contributed by atoms with van der Waals surface area (Å²) in [6, 6.07) is 12.8. The Morgan fingerprint density at radius 1 is 1.00 bits per heavy atom. The third-order valence-corrected chi connectivity index (χ3v) is 5.98. The van der Waals surface area contributed by atoms with Crippen LogP contribution in [0.3, 0.4) is 0 Å². The van der Waals surface area contributed by atoms with Crippen LogP contribution in [0.25, 0.3) is 33.8 Å². The Balaban J connectivity index is 1.51. The van der Waals surface area contributed by atoms with Gasteiger partial charge >= 0.3 is 0 Å². The van der Waals surface area contributed by atoms with Crippen LogP contribution in [0.1, 0.15) is 43.6 Å². The number of pyridine rings is 1. The summed E-state index contributed by atoms with van der Waals surface area (Å²) in [6.07, 6.45) is 7.01. The van der Waals surface area contributed by atoms with Gasteiger partial charge in [0.25, 0.3) is 0 Å². The summed E-state index contributed by atoms with van der Waals surface area (Å²) in [5.41, 5.74) is 7.61. The summed E-state index contributed by atoms with van der Waals surface area (Å²) in [7, 11) is 0. The second-order valence-corrected chi connectivity index (χ2v) is 8.38. The van der Waals surface area contributed by atoms with E-state index in [1.807, 2.05) is 12.3 Å². The molecule has 0 spiro atoms. The highest BCUT2D eigenvalue weighted by atomic mass is 15.5. The van der Waals surface area contributed by atoms with Crippen LogP contribution in [0.15, 0.2) is 48.8 Å². The predicted octanol–water partition coefficient (Wildman–Crippen LogP) is 4.80. The van der Waals surface area contributed by atoms with Crippen LogP contribution in [0, 0.1) is 6.92 Å². The standard InChI is InChI=1S/C25H28N8/c1-4-6-21-27-22-17(3)11-13-26-25(22)33(21)16-18-7-9-19(10-8-18)23-20(24-28-30-31-29-24)12-15-32(23)14-5-2/h7-13,15H,4-6,14,16H2,1-3H3,(H,28,29,30,31). The monoisotopic (exact) mass is 440 g/mol. The number of hydrogen-bond donors (Lipinski definition) is 1. The van der Waals surface area contributed by atoms with Gasteiger partial charge in [-0.15, -0.1) is 5.10 Å². The van der Waals surface area contributed by atoms with Crippen molar-refractivity contribution in [2.24, 2.45) is 0 Å². The molecular formula is C25H28N8. The molecule has 0 aliphatic heterocycles. The highest BCUT2D eigenvalue weighted by Gasteiger charge is 2.17. The van der Waals surface area contributed by atoms with Crippen molar-refractivity contribution in [3.05, 3.63) is 65.7 Å². The Morgan fingerprint density at radius 2 is 1.85 bits per heavy atom. The molecule has 0 radical (unpaired) electrons. The van der Waals surface area contributed by atoms with Crippen molar-refractivity contribution < 1.29 is 0 Å². The summed E-state index contributed by atoms with van der Waals surface area (Å²) in [5, 5.41) is 14.5. The number of imidazole rings is 1. The number of hydrogen-bond acceptors (Lipinski definition) is 5. The van der Waals surface area contributed by atoms with Crippen LogP contribution >= 0.6 is 0 Å². The first-order chi connectivity index (χ1) is 16.2. The van der Waals surface area contributed by atoms with E-state index in [1.54, 1.807) is 0 Å². The molecule has 5 aromatic rings. The molecule has 0 amide bonds. The van der Waals surface area contributed by atoms with E-state index in [1.165, 1.54) is 5.56 Å². The summed E-state index contributed by atoms with van der Waals surface area (Å²) in [6.45, 7) is 8.15. The van der Waals surface area contributed by atoms with E-state index in [4.69, 9.17) is 4.98 Å². The lowest BCUT2D eigenvalue weighted by Crippen LogP contribution is -2.06. The second kappa shape index (κ2) is 8.97. The molecule has 0 fully saturated rings. The van der Waals surface area contributed by atoms with Crippen molar-refractivity contribution in [2.45, 2.75) is 53.1 Å². The van der Waals surface area contributed by atoms with Crippen molar-refractivity contribution in [3.8, 4) is 22.6 Å². The fourth-order valence-electron chi connectivity index (χ4n) is 4.40. The molecule has 4 aromatic heterocycles. The van der Waals surface area contributed by atoms with E-state index in [-0.39, 0.29) is 0 Å². The Labute approximate surface area is 192 Å². The molecule has 168 valence electrons. The molecule has 0 saturated carbocycles. The maximum Gasteiger partial charge on any atom is 0.181 e. The normalized spacial score (nSPS) is 11.5. The Hall–Kier alpha value is -3.81. The van der Waals surface area contributed by atoms with Crippen molar-refractivity contribution in [1.82, 2.24) is 39.7 Å². The number of tetrazole rings is 1. The minimum Gasteiger partial charge on any atom is -0.347 e. The van der Waals surface area contributed by atoms with Gasteiger partial charge in [0.2, 0.25) is 0 Å². The van der Waals surface area contributed by atoms with Crippen LogP contribution in [-0.4, -0.2) is 39.7 Å². The van der Waals surface area contributed by atoms with Crippen LogP contribution in [0.2, 0.25) is 0 Å². The van der Waals surface area contributed by atoms with E-state index >= 15 is 0 Å². The summed E-state index contributed by atoms with van der Waals surface area (Å²) >= 11 is 0. The SMILES string of the molecule is CCCc1nc2c(C)ccnc2n1Cc1ccc(-c2c(-c3nnn[nH]3)ccn2CCC)cc1. The molecular weight excluding hydrogens is 412 g/mol. The van der Waals surface area contributed by atoms with Gasteiger partial charge in [0.05, 0.1) is 12.2 Å². The number of aromatic amines is 1. The van der Waals surface area contributed by atoms with Gasteiger partial charge in [-0.25, -0.2) is 15.1 Å².